The smallest absolute Gasteiger partial charge is 0.317 e. The van der Waals surface area contributed by atoms with E-state index in [1.165, 1.54) is 0 Å². The van der Waals surface area contributed by atoms with Crippen molar-refractivity contribution >= 4 is 15.9 Å². The second kappa shape index (κ2) is 7.72. The van der Waals surface area contributed by atoms with E-state index in [1.54, 1.807) is 24.3 Å². The summed E-state index contributed by atoms with van der Waals surface area (Å²) in [6.45, 7) is -0.393. The molecule has 0 aliphatic carbocycles. The first-order valence-electron chi connectivity index (χ1n) is 7.41. The number of hydrogen-bond donors (Lipinski definition) is 1. The van der Waals surface area contributed by atoms with E-state index in [0.717, 1.165) is 10.5 Å². The lowest BCUT2D eigenvalue weighted by molar-refractivity contribution is 0.0954. The molecular formula is C15H20F2N2O3S. The van der Waals surface area contributed by atoms with Gasteiger partial charge in [0.05, 0.1) is 18.1 Å². The number of urea groups is 1. The lowest BCUT2D eigenvalue weighted by atomic mass is 10.1. The Kier molecular flexibility index (Phi) is 5.92. The standard InChI is InChI=1S/C15H20F2N2O3S/c16-14(17)10-19(9-12-4-2-1-3-5-12)15(20)18-8-13-6-7-23(21,22)11-13/h1-5,13-14H,6-11H2,(H,18,20)/t13-/m0/s1. The number of amides is 2. The van der Waals surface area contributed by atoms with Crippen LogP contribution in [-0.4, -0.2) is 50.4 Å². The number of alkyl halides is 2. The molecule has 0 saturated carbocycles. The average Bonchev–Trinajstić information content (AvgIpc) is 2.84. The molecule has 23 heavy (non-hydrogen) atoms. The lowest BCUT2D eigenvalue weighted by Gasteiger charge is -2.23. The van der Waals surface area contributed by atoms with Gasteiger partial charge in [-0.25, -0.2) is 22.0 Å². The zero-order valence-corrected chi connectivity index (χ0v) is 13.4. The van der Waals surface area contributed by atoms with E-state index in [9.17, 15) is 22.0 Å². The summed E-state index contributed by atoms with van der Waals surface area (Å²) < 4.78 is 48.1. The highest BCUT2D eigenvalue weighted by Crippen LogP contribution is 2.17. The number of nitrogens with zero attached hydrogens (tertiary/aromatic N) is 1. The van der Waals surface area contributed by atoms with E-state index in [2.05, 4.69) is 5.32 Å². The van der Waals surface area contributed by atoms with Crippen molar-refractivity contribution in [3.63, 3.8) is 0 Å². The average molecular weight is 346 g/mol. The maximum Gasteiger partial charge on any atom is 0.317 e. The van der Waals surface area contributed by atoms with Gasteiger partial charge in [-0.05, 0) is 17.9 Å². The summed E-state index contributed by atoms with van der Waals surface area (Å²) in [6, 6.07) is 8.28. The fourth-order valence-corrected chi connectivity index (χ4v) is 4.43. The molecule has 2 amide bonds. The van der Waals surface area contributed by atoms with Gasteiger partial charge < -0.3 is 10.2 Å². The molecule has 1 aromatic carbocycles. The van der Waals surface area contributed by atoms with Crippen LogP contribution >= 0.6 is 0 Å². The van der Waals surface area contributed by atoms with Crippen LogP contribution in [0.1, 0.15) is 12.0 Å². The van der Waals surface area contributed by atoms with Gasteiger partial charge in [0.25, 0.3) is 6.43 Å². The van der Waals surface area contributed by atoms with Crippen molar-refractivity contribution in [3.8, 4) is 0 Å². The van der Waals surface area contributed by atoms with Gasteiger partial charge in [-0.3, -0.25) is 0 Å². The summed E-state index contributed by atoms with van der Waals surface area (Å²) in [5, 5.41) is 2.58. The van der Waals surface area contributed by atoms with Crippen LogP contribution in [0.4, 0.5) is 13.6 Å². The summed E-state index contributed by atoms with van der Waals surface area (Å²) >= 11 is 0. The van der Waals surface area contributed by atoms with E-state index in [-0.39, 0.29) is 30.5 Å². The van der Waals surface area contributed by atoms with Gasteiger partial charge in [0.2, 0.25) is 0 Å². The van der Waals surface area contributed by atoms with Crippen LogP contribution in [0.3, 0.4) is 0 Å². The monoisotopic (exact) mass is 346 g/mol. The molecule has 0 aromatic heterocycles. The Morgan fingerprint density at radius 3 is 2.57 bits per heavy atom. The minimum atomic E-state index is -3.02. The van der Waals surface area contributed by atoms with Crippen molar-refractivity contribution in [1.82, 2.24) is 10.2 Å². The summed E-state index contributed by atoms with van der Waals surface area (Å²) in [5.41, 5.74) is 0.756. The second-order valence-corrected chi connectivity index (χ2v) is 7.94. The van der Waals surface area contributed by atoms with E-state index in [0.29, 0.717) is 6.42 Å². The fourth-order valence-electron chi connectivity index (χ4n) is 2.57. The minimum Gasteiger partial charge on any atom is -0.338 e. The Morgan fingerprint density at radius 2 is 2.00 bits per heavy atom. The first kappa shape index (κ1) is 17.7. The predicted octanol–water partition coefficient (Wildman–Crippen LogP) is 1.90. The first-order valence-corrected chi connectivity index (χ1v) is 9.23. The van der Waals surface area contributed by atoms with E-state index in [4.69, 9.17) is 0 Å². The Labute approximate surface area is 134 Å². The van der Waals surface area contributed by atoms with Crippen molar-refractivity contribution in [2.24, 2.45) is 5.92 Å². The Bertz CT molecular complexity index is 623. The zero-order valence-electron chi connectivity index (χ0n) is 12.6. The van der Waals surface area contributed by atoms with Gasteiger partial charge in [-0.2, -0.15) is 0 Å². The molecule has 1 aliphatic rings. The fraction of sp³-hybridized carbons (Fsp3) is 0.533. The molecule has 0 unspecified atom stereocenters. The molecule has 1 aromatic rings. The first-order chi connectivity index (χ1) is 10.9. The van der Waals surface area contributed by atoms with Crippen molar-refractivity contribution in [1.29, 1.82) is 0 Å². The summed E-state index contributed by atoms with van der Waals surface area (Å²) in [7, 11) is -3.02. The molecule has 1 N–H and O–H groups in total. The number of rotatable bonds is 6. The molecule has 1 heterocycles. The van der Waals surface area contributed by atoms with Gasteiger partial charge >= 0.3 is 6.03 Å². The molecule has 128 valence electrons. The highest BCUT2D eigenvalue weighted by atomic mass is 32.2. The molecular weight excluding hydrogens is 326 g/mol. The maximum atomic E-state index is 12.7. The molecule has 2 rings (SSSR count). The highest BCUT2D eigenvalue weighted by molar-refractivity contribution is 7.91. The molecule has 1 atom stereocenters. The van der Waals surface area contributed by atoms with E-state index >= 15 is 0 Å². The molecule has 8 heteroatoms. The number of carbonyl (C=O) groups excluding carboxylic acids is 1. The van der Waals surface area contributed by atoms with Crippen LogP contribution in [0.25, 0.3) is 0 Å². The van der Waals surface area contributed by atoms with Gasteiger partial charge in [0.1, 0.15) is 0 Å². The van der Waals surface area contributed by atoms with Gasteiger partial charge in [-0.15, -0.1) is 0 Å². The summed E-state index contributed by atoms with van der Waals surface area (Å²) in [6.07, 6.45) is -2.13. The Balaban J connectivity index is 1.91. The van der Waals surface area contributed by atoms with Crippen molar-refractivity contribution in [2.75, 3.05) is 24.6 Å². The molecule has 1 fully saturated rings. The third-order valence-corrected chi connectivity index (χ3v) is 5.57. The van der Waals surface area contributed by atoms with Crippen LogP contribution in [0.15, 0.2) is 30.3 Å². The normalized spacial score (nSPS) is 19.7. The van der Waals surface area contributed by atoms with Crippen LogP contribution in [0, 0.1) is 5.92 Å². The molecule has 1 aliphatic heterocycles. The van der Waals surface area contributed by atoms with Gasteiger partial charge in [0, 0.05) is 13.1 Å². The second-order valence-electron chi connectivity index (χ2n) is 5.71. The number of carbonyl (C=O) groups is 1. The van der Waals surface area contributed by atoms with Crippen molar-refractivity contribution in [2.45, 2.75) is 19.4 Å². The van der Waals surface area contributed by atoms with Crippen LogP contribution in [0.5, 0.6) is 0 Å². The minimum absolute atomic E-state index is 0.0425. The highest BCUT2D eigenvalue weighted by Gasteiger charge is 2.28. The molecule has 5 nitrogen and oxygen atoms in total. The van der Waals surface area contributed by atoms with Crippen molar-refractivity contribution in [3.05, 3.63) is 35.9 Å². The Hall–Kier alpha value is -1.70. The van der Waals surface area contributed by atoms with Gasteiger partial charge in [-0.1, -0.05) is 30.3 Å². The van der Waals surface area contributed by atoms with Crippen LogP contribution < -0.4 is 5.32 Å². The molecule has 1 saturated heterocycles. The van der Waals surface area contributed by atoms with Gasteiger partial charge in [0.15, 0.2) is 9.84 Å². The number of hydrogen-bond acceptors (Lipinski definition) is 3. The number of halogens is 2. The molecule has 0 radical (unpaired) electrons. The Morgan fingerprint density at radius 1 is 1.30 bits per heavy atom. The maximum absolute atomic E-state index is 12.7. The lowest BCUT2D eigenvalue weighted by Crippen LogP contribution is -2.43. The largest absolute Gasteiger partial charge is 0.338 e. The number of benzene rings is 1. The molecule has 0 spiro atoms. The van der Waals surface area contributed by atoms with E-state index in [1.807, 2.05) is 6.07 Å². The third kappa shape index (κ3) is 5.78. The predicted molar refractivity (Wildman–Crippen MR) is 83.0 cm³/mol. The van der Waals surface area contributed by atoms with Crippen LogP contribution in [-0.2, 0) is 16.4 Å². The van der Waals surface area contributed by atoms with Crippen LogP contribution in [0.2, 0.25) is 0 Å². The topological polar surface area (TPSA) is 66.5 Å². The SMILES string of the molecule is O=C(NC[C@@H]1CCS(=O)(=O)C1)N(Cc1ccccc1)CC(F)F. The van der Waals surface area contributed by atoms with E-state index < -0.39 is 28.8 Å². The number of sulfone groups is 1. The molecule has 0 bridgehead atoms. The summed E-state index contributed by atoms with van der Waals surface area (Å²) in [4.78, 5) is 13.2. The zero-order chi connectivity index (χ0) is 16.9. The third-order valence-electron chi connectivity index (χ3n) is 3.73. The summed E-state index contributed by atoms with van der Waals surface area (Å²) in [5.74, 6) is 0.0214. The quantitative estimate of drug-likeness (QED) is 0.855. The van der Waals surface area contributed by atoms with Crippen molar-refractivity contribution < 1.29 is 22.0 Å². The number of nitrogens with one attached hydrogen (secondary N) is 1.